The maximum Gasteiger partial charge on any atom is 0.408 e. The number of rotatable bonds is 4. The fourth-order valence-corrected chi connectivity index (χ4v) is 2.01. The molecule has 2 rings (SSSR count). The van der Waals surface area contributed by atoms with Crippen molar-refractivity contribution in [3.63, 3.8) is 0 Å². The van der Waals surface area contributed by atoms with Crippen molar-refractivity contribution in [1.29, 1.82) is 0 Å². The van der Waals surface area contributed by atoms with Gasteiger partial charge in [-0.25, -0.2) is 4.79 Å². The first-order valence-electron chi connectivity index (χ1n) is 6.88. The molecule has 2 aromatic rings. The lowest BCUT2D eigenvalue weighted by Gasteiger charge is -2.04. The van der Waals surface area contributed by atoms with E-state index in [0.717, 1.165) is 5.56 Å². The van der Waals surface area contributed by atoms with Crippen molar-refractivity contribution in [2.75, 3.05) is 6.54 Å². The van der Waals surface area contributed by atoms with Gasteiger partial charge in [0, 0.05) is 11.1 Å². The van der Waals surface area contributed by atoms with Crippen LogP contribution in [0.15, 0.2) is 48.5 Å². The Morgan fingerprint density at radius 2 is 1.96 bits per heavy atom. The van der Waals surface area contributed by atoms with E-state index in [1.807, 2.05) is 30.3 Å². The van der Waals surface area contributed by atoms with E-state index in [9.17, 15) is 9.59 Å². The number of hydrogen-bond donors (Lipinski definition) is 1. The molecule has 0 saturated heterocycles. The molecule has 0 aliphatic carbocycles. The quantitative estimate of drug-likeness (QED) is 0.691. The smallest absolute Gasteiger partial charge is 0.408 e. The fraction of sp³-hybridized carbons (Fsp3) is 0.111. The van der Waals surface area contributed by atoms with Crippen LogP contribution >= 0.6 is 11.6 Å². The third-order valence-corrected chi connectivity index (χ3v) is 3.26. The summed E-state index contributed by atoms with van der Waals surface area (Å²) in [4.78, 5) is 22.5. The molecule has 0 unspecified atom stereocenters. The number of halogens is 1. The molecule has 0 aliphatic heterocycles. The number of aldehydes is 1. The van der Waals surface area contributed by atoms with Gasteiger partial charge >= 0.3 is 6.09 Å². The predicted molar refractivity (Wildman–Crippen MR) is 88.3 cm³/mol. The lowest BCUT2D eigenvalue weighted by Crippen LogP contribution is -2.24. The van der Waals surface area contributed by atoms with Crippen LogP contribution < -0.4 is 5.32 Å². The van der Waals surface area contributed by atoms with Gasteiger partial charge in [-0.2, -0.15) is 0 Å². The molecule has 0 bridgehead atoms. The topological polar surface area (TPSA) is 55.4 Å². The summed E-state index contributed by atoms with van der Waals surface area (Å²) in [5.41, 5.74) is 1.77. The first-order chi connectivity index (χ1) is 11.2. The Bertz CT molecular complexity index is 748. The summed E-state index contributed by atoms with van der Waals surface area (Å²) < 4.78 is 5.05. The number of benzene rings is 2. The summed E-state index contributed by atoms with van der Waals surface area (Å²) in [5.74, 6) is 5.55. The van der Waals surface area contributed by atoms with Crippen LogP contribution in [-0.4, -0.2) is 18.9 Å². The van der Waals surface area contributed by atoms with Crippen molar-refractivity contribution >= 4 is 24.0 Å². The molecule has 5 heteroatoms. The molecular weight excluding hydrogens is 314 g/mol. The molecule has 0 aliphatic rings. The van der Waals surface area contributed by atoms with Gasteiger partial charge in [-0.05, 0) is 17.7 Å². The zero-order valence-corrected chi connectivity index (χ0v) is 13.0. The lowest BCUT2D eigenvalue weighted by molar-refractivity contribution is 0.112. The van der Waals surface area contributed by atoms with Crippen molar-refractivity contribution < 1.29 is 14.3 Å². The van der Waals surface area contributed by atoms with Crippen molar-refractivity contribution in [3.8, 4) is 11.8 Å². The van der Waals surface area contributed by atoms with E-state index in [2.05, 4.69) is 17.2 Å². The average molecular weight is 328 g/mol. The molecule has 116 valence electrons. The minimum absolute atomic E-state index is 0.110. The molecular formula is C18H14ClNO3. The van der Waals surface area contributed by atoms with E-state index in [0.29, 0.717) is 22.4 Å². The molecule has 1 amide bonds. The monoisotopic (exact) mass is 327 g/mol. The molecule has 0 saturated carbocycles. The van der Waals surface area contributed by atoms with Crippen molar-refractivity contribution in [3.05, 3.63) is 70.2 Å². The average Bonchev–Trinajstić information content (AvgIpc) is 2.58. The summed E-state index contributed by atoms with van der Waals surface area (Å²) >= 11 is 5.90. The van der Waals surface area contributed by atoms with Gasteiger partial charge in [-0.3, -0.25) is 4.79 Å². The van der Waals surface area contributed by atoms with Gasteiger partial charge in [0.1, 0.15) is 6.61 Å². The second kappa shape index (κ2) is 8.62. The molecule has 0 atom stereocenters. The van der Waals surface area contributed by atoms with Crippen LogP contribution in [0.25, 0.3) is 0 Å². The van der Waals surface area contributed by atoms with E-state index >= 15 is 0 Å². The van der Waals surface area contributed by atoms with Crippen LogP contribution in [0.5, 0.6) is 0 Å². The zero-order chi connectivity index (χ0) is 16.5. The van der Waals surface area contributed by atoms with Gasteiger partial charge < -0.3 is 10.1 Å². The normalized spacial score (nSPS) is 9.43. The molecule has 4 nitrogen and oxygen atoms in total. The summed E-state index contributed by atoms with van der Waals surface area (Å²) in [6.45, 7) is 0.308. The Kier molecular flexibility index (Phi) is 6.22. The molecule has 1 N–H and O–H groups in total. The number of carbonyl (C=O) groups excluding carboxylic acids is 2. The van der Waals surface area contributed by atoms with Crippen LogP contribution in [0.3, 0.4) is 0 Å². The highest BCUT2D eigenvalue weighted by atomic mass is 35.5. The van der Waals surface area contributed by atoms with Gasteiger partial charge in [0.25, 0.3) is 0 Å². The Morgan fingerprint density at radius 1 is 1.17 bits per heavy atom. The van der Waals surface area contributed by atoms with Gasteiger partial charge in [0.05, 0.1) is 11.6 Å². The van der Waals surface area contributed by atoms with Crippen LogP contribution in [0.1, 0.15) is 21.5 Å². The number of hydrogen-bond acceptors (Lipinski definition) is 3. The van der Waals surface area contributed by atoms with E-state index in [1.54, 1.807) is 18.2 Å². The third kappa shape index (κ3) is 5.17. The first kappa shape index (κ1) is 16.6. The molecule has 2 aromatic carbocycles. The van der Waals surface area contributed by atoms with Gasteiger partial charge in [0.2, 0.25) is 0 Å². The molecule has 23 heavy (non-hydrogen) atoms. The van der Waals surface area contributed by atoms with Gasteiger partial charge in [-0.15, -0.1) is 0 Å². The van der Waals surface area contributed by atoms with Crippen LogP contribution in [-0.2, 0) is 11.3 Å². The highest BCUT2D eigenvalue weighted by Gasteiger charge is 2.03. The molecule has 0 fully saturated rings. The Balaban J connectivity index is 1.82. The maximum absolute atomic E-state index is 11.5. The maximum atomic E-state index is 11.5. The summed E-state index contributed by atoms with van der Waals surface area (Å²) in [7, 11) is 0. The number of amides is 1. The lowest BCUT2D eigenvalue weighted by atomic mass is 10.1. The minimum Gasteiger partial charge on any atom is -0.445 e. The second-order valence-electron chi connectivity index (χ2n) is 4.54. The predicted octanol–water partition coefficient (Wildman–Crippen LogP) is 3.43. The highest BCUT2D eigenvalue weighted by Crippen LogP contribution is 2.16. The fourth-order valence-electron chi connectivity index (χ4n) is 1.80. The molecule has 0 radical (unpaired) electrons. The number of carbonyl (C=O) groups is 2. The zero-order valence-electron chi connectivity index (χ0n) is 12.2. The van der Waals surface area contributed by atoms with Crippen molar-refractivity contribution in [2.24, 2.45) is 0 Å². The third-order valence-electron chi connectivity index (χ3n) is 2.93. The first-order valence-corrected chi connectivity index (χ1v) is 7.25. The Labute approximate surface area is 139 Å². The Hall–Kier alpha value is -2.77. The number of nitrogens with one attached hydrogen (secondary N) is 1. The Morgan fingerprint density at radius 3 is 2.70 bits per heavy atom. The second-order valence-corrected chi connectivity index (χ2v) is 4.94. The van der Waals surface area contributed by atoms with E-state index < -0.39 is 6.09 Å². The summed E-state index contributed by atoms with van der Waals surface area (Å²) in [6, 6.07) is 14.4. The van der Waals surface area contributed by atoms with E-state index in [1.165, 1.54) is 0 Å². The van der Waals surface area contributed by atoms with E-state index in [-0.39, 0.29) is 13.2 Å². The standard InChI is InChI=1S/C18H14ClNO3/c19-17-10-4-8-15(16(17)12-21)9-5-11-20-18(22)23-13-14-6-2-1-3-7-14/h1-4,6-8,10,12H,11,13H2,(H,20,22). The van der Waals surface area contributed by atoms with Crippen LogP contribution in [0.2, 0.25) is 5.02 Å². The minimum atomic E-state index is -0.551. The largest absolute Gasteiger partial charge is 0.445 e. The van der Waals surface area contributed by atoms with Gasteiger partial charge in [0.15, 0.2) is 6.29 Å². The van der Waals surface area contributed by atoms with Crippen LogP contribution in [0, 0.1) is 11.8 Å². The molecule has 0 spiro atoms. The van der Waals surface area contributed by atoms with Crippen molar-refractivity contribution in [1.82, 2.24) is 5.32 Å². The molecule has 0 aromatic heterocycles. The van der Waals surface area contributed by atoms with Gasteiger partial charge in [-0.1, -0.05) is 59.8 Å². The SMILES string of the molecule is O=Cc1c(Cl)cccc1C#CCNC(=O)OCc1ccccc1. The number of alkyl carbamates (subject to hydrolysis) is 1. The summed E-state index contributed by atoms with van der Waals surface area (Å²) in [5, 5.41) is 2.87. The summed E-state index contributed by atoms with van der Waals surface area (Å²) in [6.07, 6.45) is 0.110. The van der Waals surface area contributed by atoms with E-state index in [4.69, 9.17) is 16.3 Å². The molecule has 0 heterocycles. The van der Waals surface area contributed by atoms with Crippen LogP contribution in [0.4, 0.5) is 4.79 Å². The van der Waals surface area contributed by atoms with Crippen molar-refractivity contribution in [2.45, 2.75) is 6.61 Å². The highest BCUT2D eigenvalue weighted by molar-refractivity contribution is 6.33. The number of ether oxygens (including phenoxy) is 1.